The van der Waals surface area contributed by atoms with E-state index in [2.05, 4.69) is 20.5 Å². The Labute approximate surface area is 180 Å². The van der Waals surface area contributed by atoms with E-state index in [-0.39, 0.29) is 18.1 Å². The minimum atomic E-state index is -0.456. The maximum absolute atomic E-state index is 11.5. The number of aromatic nitrogens is 2. The van der Waals surface area contributed by atoms with Crippen LogP contribution in [0.15, 0.2) is 63.0 Å². The van der Waals surface area contributed by atoms with E-state index < -0.39 is 4.92 Å². The van der Waals surface area contributed by atoms with Gasteiger partial charge in [0.2, 0.25) is 5.13 Å². The van der Waals surface area contributed by atoms with E-state index in [1.54, 1.807) is 24.6 Å². The van der Waals surface area contributed by atoms with Crippen LogP contribution in [0.1, 0.15) is 18.2 Å². The number of carbonyl (C=O) groups is 1. The molecule has 2 aromatic heterocycles. The Morgan fingerprint density at radius 3 is 3.00 bits per heavy atom. The van der Waals surface area contributed by atoms with Crippen molar-refractivity contribution in [2.45, 2.75) is 23.3 Å². The van der Waals surface area contributed by atoms with Crippen LogP contribution in [0.3, 0.4) is 0 Å². The van der Waals surface area contributed by atoms with Gasteiger partial charge in [0.15, 0.2) is 0 Å². The molecule has 0 bridgehead atoms. The number of nitro groups is 1. The van der Waals surface area contributed by atoms with Gasteiger partial charge < -0.3 is 4.74 Å². The third kappa shape index (κ3) is 6.09. The fourth-order valence-electron chi connectivity index (χ4n) is 2.32. The fourth-order valence-corrected chi connectivity index (χ4v) is 3.83. The SMILES string of the molecule is CCOC(=O)Cc1csc(NN=Cc2cc([N+](=O)[O-])ccc2Sc2ccccn2)n1. The number of non-ortho nitro benzene ring substituents is 1. The van der Waals surface area contributed by atoms with Crippen LogP contribution in [0.5, 0.6) is 0 Å². The smallest absolute Gasteiger partial charge is 0.311 e. The van der Waals surface area contributed by atoms with Gasteiger partial charge in [0.25, 0.3) is 5.69 Å². The summed E-state index contributed by atoms with van der Waals surface area (Å²) < 4.78 is 4.90. The fraction of sp³-hybridized carbons (Fsp3) is 0.158. The number of hydrogen-bond acceptors (Lipinski definition) is 10. The molecule has 0 saturated heterocycles. The van der Waals surface area contributed by atoms with Gasteiger partial charge in [-0.3, -0.25) is 20.3 Å². The number of hydrogen-bond donors (Lipinski definition) is 1. The Morgan fingerprint density at radius 2 is 2.27 bits per heavy atom. The second-order valence-corrected chi connectivity index (χ2v) is 7.67. The van der Waals surface area contributed by atoms with Crippen molar-refractivity contribution in [2.75, 3.05) is 12.0 Å². The van der Waals surface area contributed by atoms with Crippen molar-refractivity contribution in [3.05, 3.63) is 69.3 Å². The van der Waals surface area contributed by atoms with Crippen molar-refractivity contribution in [3.63, 3.8) is 0 Å². The molecular weight excluding hydrogens is 426 g/mol. The van der Waals surface area contributed by atoms with E-state index in [1.165, 1.54) is 41.4 Å². The van der Waals surface area contributed by atoms with Crippen molar-refractivity contribution >= 4 is 46.1 Å². The molecule has 3 rings (SSSR count). The number of nitrogens with zero attached hydrogens (tertiary/aromatic N) is 4. The third-order valence-corrected chi connectivity index (χ3v) is 5.44. The Hall–Kier alpha value is -3.31. The molecule has 2 heterocycles. The number of nitro benzene ring substituents is 1. The normalized spacial score (nSPS) is 10.8. The largest absolute Gasteiger partial charge is 0.466 e. The molecule has 0 aliphatic heterocycles. The molecule has 0 amide bonds. The molecule has 3 aromatic rings. The van der Waals surface area contributed by atoms with Crippen LogP contribution in [-0.4, -0.2) is 33.7 Å². The Bertz CT molecular complexity index is 1060. The van der Waals surface area contributed by atoms with Crippen LogP contribution in [0.25, 0.3) is 0 Å². The summed E-state index contributed by atoms with van der Waals surface area (Å²) in [5, 5.41) is 18.3. The van der Waals surface area contributed by atoms with Crippen molar-refractivity contribution in [1.82, 2.24) is 9.97 Å². The van der Waals surface area contributed by atoms with Gasteiger partial charge in [-0.1, -0.05) is 17.8 Å². The maximum atomic E-state index is 11.5. The molecule has 0 unspecified atom stereocenters. The topological polar surface area (TPSA) is 120 Å². The van der Waals surface area contributed by atoms with Gasteiger partial charge in [-0.25, -0.2) is 9.97 Å². The number of rotatable bonds is 9. The summed E-state index contributed by atoms with van der Waals surface area (Å²) in [5.41, 5.74) is 3.90. The molecule has 30 heavy (non-hydrogen) atoms. The zero-order chi connectivity index (χ0) is 21.3. The molecule has 0 saturated carbocycles. The minimum absolute atomic E-state index is 0.0345. The molecule has 11 heteroatoms. The molecule has 0 spiro atoms. The van der Waals surface area contributed by atoms with Crippen LogP contribution in [0, 0.1) is 10.1 Å². The van der Waals surface area contributed by atoms with Crippen molar-refractivity contribution < 1.29 is 14.5 Å². The number of esters is 1. The van der Waals surface area contributed by atoms with Crippen molar-refractivity contribution in [3.8, 4) is 0 Å². The predicted octanol–water partition coefficient (Wildman–Crippen LogP) is 4.15. The van der Waals surface area contributed by atoms with E-state index in [1.807, 2.05) is 18.2 Å². The number of hydrazone groups is 1. The Balaban J connectivity index is 1.73. The number of carbonyl (C=O) groups excluding carboxylic acids is 1. The zero-order valence-corrected chi connectivity index (χ0v) is 17.5. The summed E-state index contributed by atoms with van der Waals surface area (Å²) in [6.07, 6.45) is 3.26. The van der Waals surface area contributed by atoms with Gasteiger partial charge in [0.1, 0.15) is 5.03 Å². The van der Waals surface area contributed by atoms with Gasteiger partial charge in [-0.15, -0.1) is 11.3 Å². The molecule has 0 atom stereocenters. The molecule has 9 nitrogen and oxygen atoms in total. The lowest BCUT2D eigenvalue weighted by atomic mass is 10.2. The van der Waals surface area contributed by atoms with E-state index in [9.17, 15) is 14.9 Å². The molecule has 0 radical (unpaired) electrons. The quantitative estimate of drug-likeness (QED) is 0.227. The summed E-state index contributed by atoms with van der Waals surface area (Å²) in [5.74, 6) is -0.342. The number of ether oxygens (including phenoxy) is 1. The summed E-state index contributed by atoms with van der Waals surface area (Å²) >= 11 is 2.67. The van der Waals surface area contributed by atoms with Crippen LogP contribution >= 0.6 is 23.1 Å². The number of pyridine rings is 1. The number of benzene rings is 1. The van der Waals surface area contributed by atoms with Crippen LogP contribution in [0.2, 0.25) is 0 Å². The van der Waals surface area contributed by atoms with Gasteiger partial charge in [0, 0.05) is 34.2 Å². The number of thiazole rings is 1. The van der Waals surface area contributed by atoms with E-state index >= 15 is 0 Å². The van der Waals surface area contributed by atoms with Crippen molar-refractivity contribution in [2.24, 2.45) is 5.10 Å². The second-order valence-electron chi connectivity index (χ2n) is 5.75. The van der Waals surface area contributed by atoms with E-state index in [0.717, 1.165) is 9.92 Å². The lowest BCUT2D eigenvalue weighted by molar-refractivity contribution is -0.384. The summed E-state index contributed by atoms with van der Waals surface area (Å²) in [6.45, 7) is 2.06. The molecule has 0 fully saturated rings. The standard InChI is InChI=1S/C19H17N5O4S2/c1-2-28-18(25)10-14-12-29-19(22-14)23-21-11-13-9-15(24(26)27)6-7-16(13)30-17-5-3-4-8-20-17/h3-9,11-12H,2,10H2,1H3,(H,22,23). The van der Waals surface area contributed by atoms with Gasteiger partial charge >= 0.3 is 5.97 Å². The zero-order valence-electron chi connectivity index (χ0n) is 15.8. The monoisotopic (exact) mass is 443 g/mol. The average molecular weight is 444 g/mol. The number of anilines is 1. The molecule has 0 aliphatic rings. The van der Waals surface area contributed by atoms with Crippen LogP contribution in [-0.2, 0) is 16.0 Å². The first-order valence-electron chi connectivity index (χ1n) is 8.81. The van der Waals surface area contributed by atoms with E-state index in [0.29, 0.717) is 23.0 Å². The highest BCUT2D eigenvalue weighted by molar-refractivity contribution is 7.99. The van der Waals surface area contributed by atoms with Crippen LogP contribution in [0.4, 0.5) is 10.8 Å². The lowest BCUT2D eigenvalue weighted by Crippen LogP contribution is -2.07. The van der Waals surface area contributed by atoms with Gasteiger partial charge in [-0.2, -0.15) is 5.10 Å². The lowest BCUT2D eigenvalue weighted by Gasteiger charge is -2.05. The second kappa shape index (κ2) is 10.5. The average Bonchev–Trinajstić information content (AvgIpc) is 3.17. The van der Waals surface area contributed by atoms with Gasteiger partial charge in [0.05, 0.1) is 29.9 Å². The highest BCUT2D eigenvalue weighted by atomic mass is 32.2. The number of nitrogens with one attached hydrogen (secondary N) is 1. The van der Waals surface area contributed by atoms with Gasteiger partial charge in [-0.05, 0) is 25.1 Å². The highest BCUT2D eigenvalue weighted by Gasteiger charge is 2.12. The van der Waals surface area contributed by atoms with E-state index in [4.69, 9.17) is 4.74 Å². The first kappa shape index (κ1) is 21.4. The first-order valence-corrected chi connectivity index (χ1v) is 10.5. The summed E-state index contributed by atoms with van der Waals surface area (Å²) in [6, 6.07) is 10.1. The summed E-state index contributed by atoms with van der Waals surface area (Å²) in [7, 11) is 0. The first-order chi connectivity index (χ1) is 14.5. The summed E-state index contributed by atoms with van der Waals surface area (Å²) in [4.78, 5) is 31.5. The molecule has 0 aliphatic carbocycles. The van der Waals surface area contributed by atoms with Crippen LogP contribution < -0.4 is 5.43 Å². The molecule has 1 aromatic carbocycles. The minimum Gasteiger partial charge on any atom is -0.466 e. The predicted molar refractivity (Wildman–Crippen MR) is 115 cm³/mol. The maximum Gasteiger partial charge on any atom is 0.311 e. The molecule has 154 valence electrons. The third-order valence-electron chi connectivity index (χ3n) is 3.60. The Morgan fingerprint density at radius 1 is 1.40 bits per heavy atom. The highest BCUT2D eigenvalue weighted by Crippen LogP contribution is 2.30. The Kier molecular flexibility index (Phi) is 7.46. The molecule has 1 N–H and O–H groups in total. The van der Waals surface area contributed by atoms with Crippen molar-refractivity contribution in [1.29, 1.82) is 0 Å². The molecular formula is C19H17N5O4S2.